The fraction of sp³-hybridized carbons (Fsp3) is 0.250. The topological polar surface area (TPSA) is 30.5 Å². The number of benzene rings is 2. The first-order valence-electron chi connectivity index (χ1n) is 6.61. The lowest BCUT2D eigenvalue weighted by atomic mass is 10.1. The van der Waals surface area contributed by atoms with Gasteiger partial charge in [-0.3, -0.25) is 0 Å². The van der Waals surface area contributed by atoms with Crippen molar-refractivity contribution >= 4 is 17.3 Å². The largest absolute Gasteiger partial charge is 0.486 e. The molecular weight excluding hydrogens is 274 g/mol. The highest BCUT2D eigenvalue weighted by Crippen LogP contribution is 2.31. The molecule has 1 heterocycles. The van der Waals surface area contributed by atoms with Crippen molar-refractivity contribution in [3.05, 3.63) is 52.5 Å². The van der Waals surface area contributed by atoms with E-state index >= 15 is 0 Å². The molecule has 2 aromatic rings. The molecule has 3 nitrogen and oxygen atoms in total. The van der Waals surface area contributed by atoms with Gasteiger partial charge in [0.15, 0.2) is 11.5 Å². The van der Waals surface area contributed by atoms with Crippen molar-refractivity contribution < 1.29 is 9.47 Å². The van der Waals surface area contributed by atoms with Gasteiger partial charge in [0.25, 0.3) is 0 Å². The first kappa shape index (κ1) is 13.1. The Labute approximate surface area is 123 Å². The van der Waals surface area contributed by atoms with E-state index in [2.05, 4.69) is 5.32 Å². The Balaban J connectivity index is 1.73. The van der Waals surface area contributed by atoms with Crippen molar-refractivity contribution in [3.63, 3.8) is 0 Å². The van der Waals surface area contributed by atoms with Crippen LogP contribution >= 0.6 is 11.6 Å². The number of fused-ring (bicyclic) bond motifs is 1. The summed E-state index contributed by atoms with van der Waals surface area (Å²) in [7, 11) is 0. The molecule has 1 aliphatic heterocycles. The summed E-state index contributed by atoms with van der Waals surface area (Å²) in [5.41, 5.74) is 3.26. The van der Waals surface area contributed by atoms with Gasteiger partial charge in [0, 0.05) is 6.54 Å². The fourth-order valence-electron chi connectivity index (χ4n) is 2.17. The van der Waals surface area contributed by atoms with E-state index in [0.29, 0.717) is 19.8 Å². The van der Waals surface area contributed by atoms with E-state index < -0.39 is 0 Å². The van der Waals surface area contributed by atoms with Gasteiger partial charge in [0.1, 0.15) is 13.2 Å². The van der Waals surface area contributed by atoms with Crippen LogP contribution in [-0.2, 0) is 6.54 Å². The summed E-state index contributed by atoms with van der Waals surface area (Å²) in [6.07, 6.45) is 0. The minimum Gasteiger partial charge on any atom is -0.486 e. The molecule has 0 unspecified atom stereocenters. The van der Waals surface area contributed by atoms with Crippen molar-refractivity contribution in [1.82, 2.24) is 0 Å². The molecule has 4 heteroatoms. The first-order valence-corrected chi connectivity index (χ1v) is 6.99. The molecule has 0 spiro atoms. The normalized spacial score (nSPS) is 13.1. The molecule has 1 aliphatic rings. The highest BCUT2D eigenvalue weighted by Gasteiger charge is 2.11. The predicted molar refractivity (Wildman–Crippen MR) is 80.9 cm³/mol. The van der Waals surface area contributed by atoms with Crippen LogP contribution in [0, 0.1) is 6.92 Å². The molecule has 20 heavy (non-hydrogen) atoms. The average molecular weight is 290 g/mol. The quantitative estimate of drug-likeness (QED) is 0.925. The molecule has 0 aliphatic carbocycles. The molecule has 2 aromatic carbocycles. The van der Waals surface area contributed by atoms with Crippen LogP contribution in [0.5, 0.6) is 11.5 Å². The van der Waals surface area contributed by atoms with Crippen LogP contribution in [0.15, 0.2) is 36.4 Å². The summed E-state index contributed by atoms with van der Waals surface area (Å²) >= 11 is 6.17. The molecule has 0 bridgehead atoms. The van der Waals surface area contributed by atoms with E-state index in [9.17, 15) is 0 Å². The molecule has 0 radical (unpaired) electrons. The zero-order valence-corrected chi connectivity index (χ0v) is 12.0. The maximum Gasteiger partial charge on any atom is 0.161 e. The van der Waals surface area contributed by atoms with E-state index in [1.54, 1.807) is 0 Å². The van der Waals surface area contributed by atoms with Gasteiger partial charge < -0.3 is 14.8 Å². The summed E-state index contributed by atoms with van der Waals surface area (Å²) in [6, 6.07) is 11.9. The summed E-state index contributed by atoms with van der Waals surface area (Å²) in [6.45, 7) is 3.96. The van der Waals surface area contributed by atoms with Gasteiger partial charge in [-0.25, -0.2) is 0 Å². The van der Waals surface area contributed by atoms with Gasteiger partial charge in [0.05, 0.1) is 10.7 Å². The highest BCUT2D eigenvalue weighted by atomic mass is 35.5. The molecule has 0 amide bonds. The third-order valence-corrected chi connectivity index (χ3v) is 3.54. The van der Waals surface area contributed by atoms with Crippen LogP contribution in [0.1, 0.15) is 11.1 Å². The van der Waals surface area contributed by atoms with E-state index in [4.69, 9.17) is 21.1 Å². The minimum absolute atomic E-state index is 0.605. The van der Waals surface area contributed by atoms with Crippen LogP contribution in [0.3, 0.4) is 0 Å². The summed E-state index contributed by atoms with van der Waals surface area (Å²) in [4.78, 5) is 0. The van der Waals surface area contributed by atoms with Crippen molar-refractivity contribution in [1.29, 1.82) is 0 Å². The Morgan fingerprint density at radius 2 is 1.85 bits per heavy atom. The smallest absolute Gasteiger partial charge is 0.161 e. The van der Waals surface area contributed by atoms with Crippen LogP contribution in [0.2, 0.25) is 5.02 Å². The molecule has 3 rings (SSSR count). The third kappa shape index (κ3) is 2.83. The van der Waals surface area contributed by atoms with Gasteiger partial charge in [-0.1, -0.05) is 23.7 Å². The van der Waals surface area contributed by atoms with Crippen molar-refractivity contribution in [3.8, 4) is 11.5 Å². The maximum atomic E-state index is 6.17. The van der Waals surface area contributed by atoms with Gasteiger partial charge in [0.2, 0.25) is 0 Å². The van der Waals surface area contributed by atoms with E-state index in [-0.39, 0.29) is 0 Å². The molecule has 0 fully saturated rings. The molecule has 0 saturated heterocycles. The molecule has 0 aromatic heterocycles. The molecule has 0 atom stereocenters. The number of halogens is 1. The third-order valence-electron chi connectivity index (χ3n) is 3.21. The SMILES string of the molecule is Cc1ccc(Cl)c(NCc2ccc3c(c2)OCCO3)c1. The lowest BCUT2D eigenvalue weighted by Crippen LogP contribution is -2.15. The zero-order valence-electron chi connectivity index (χ0n) is 11.3. The molecule has 0 saturated carbocycles. The van der Waals surface area contributed by atoms with Gasteiger partial charge >= 0.3 is 0 Å². The van der Waals surface area contributed by atoms with Gasteiger partial charge in [-0.15, -0.1) is 0 Å². The summed E-state index contributed by atoms with van der Waals surface area (Å²) < 4.78 is 11.1. The Morgan fingerprint density at radius 3 is 2.70 bits per heavy atom. The van der Waals surface area contributed by atoms with E-state index in [0.717, 1.165) is 27.8 Å². The second-order valence-electron chi connectivity index (χ2n) is 4.81. The maximum absolute atomic E-state index is 6.17. The van der Waals surface area contributed by atoms with Gasteiger partial charge in [-0.2, -0.15) is 0 Å². The Morgan fingerprint density at radius 1 is 1.05 bits per heavy atom. The number of nitrogens with one attached hydrogen (secondary N) is 1. The van der Waals surface area contributed by atoms with Crippen LogP contribution in [0.25, 0.3) is 0 Å². The number of hydrogen-bond acceptors (Lipinski definition) is 3. The first-order chi connectivity index (χ1) is 9.72. The predicted octanol–water partition coefficient (Wildman–Crippen LogP) is 4.03. The van der Waals surface area contributed by atoms with Crippen molar-refractivity contribution in [2.75, 3.05) is 18.5 Å². The second kappa shape index (κ2) is 5.63. The van der Waals surface area contributed by atoms with Crippen molar-refractivity contribution in [2.24, 2.45) is 0 Å². The fourth-order valence-corrected chi connectivity index (χ4v) is 2.35. The van der Waals surface area contributed by atoms with Crippen LogP contribution in [-0.4, -0.2) is 13.2 Å². The molecular formula is C16H16ClNO2. The van der Waals surface area contributed by atoms with Crippen LogP contribution in [0.4, 0.5) is 5.69 Å². The Hall–Kier alpha value is -1.87. The number of anilines is 1. The summed E-state index contributed by atoms with van der Waals surface area (Å²) in [5.74, 6) is 1.62. The monoisotopic (exact) mass is 289 g/mol. The second-order valence-corrected chi connectivity index (χ2v) is 5.22. The average Bonchev–Trinajstić information content (AvgIpc) is 2.48. The number of rotatable bonds is 3. The summed E-state index contributed by atoms with van der Waals surface area (Å²) in [5, 5.41) is 4.08. The Kier molecular flexibility index (Phi) is 3.70. The standard InChI is InChI=1S/C16H16ClNO2/c1-11-2-4-13(17)14(8-11)18-10-12-3-5-15-16(9-12)20-7-6-19-15/h2-5,8-9,18H,6-7,10H2,1H3. The van der Waals surface area contributed by atoms with E-state index in [1.165, 1.54) is 5.56 Å². The Bertz CT molecular complexity index is 628. The number of aryl methyl sites for hydroxylation is 1. The molecule has 1 N–H and O–H groups in total. The van der Waals surface area contributed by atoms with Crippen molar-refractivity contribution in [2.45, 2.75) is 13.5 Å². The minimum atomic E-state index is 0.605. The van der Waals surface area contributed by atoms with E-state index in [1.807, 2.05) is 43.3 Å². The highest BCUT2D eigenvalue weighted by molar-refractivity contribution is 6.33. The number of hydrogen-bond donors (Lipinski definition) is 1. The lowest BCUT2D eigenvalue weighted by Gasteiger charge is -2.19. The van der Waals surface area contributed by atoms with Gasteiger partial charge in [-0.05, 0) is 42.3 Å². The zero-order chi connectivity index (χ0) is 13.9. The molecule has 104 valence electrons. The number of ether oxygens (including phenoxy) is 2. The lowest BCUT2D eigenvalue weighted by molar-refractivity contribution is 0.171. The van der Waals surface area contributed by atoms with Crippen LogP contribution < -0.4 is 14.8 Å².